The van der Waals surface area contributed by atoms with E-state index in [4.69, 9.17) is 0 Å². The molecule has 0 saturated carbocycles. The van der Waals surface area contributed by atoms with Gasteiger partial charge in [0.2, 0.25) is 0 Å². The first-order valence-electron chi connectivity index (χ1n) is 3.20. The Balaban J connectivity index is 3.13. The molecule has 0 unspecified atom stereocenters. The van der Waals surface area contributed by atoms with Gasteiger partial charge in [-0.3, -0.25) is 14.8 Å². The van der Waals surface area contributed by atoms with Crippen LogP contribution in [0, 0.1) is 0 Å². The van der Waals surface area contributed by atoms with Crippen LogP contribution >= 0.6 is 0 Å². The zero-order valence-electron chi connectivity index (χ0n) is 6.16. The van der Waals surface area contributed by atoms with Crippen LogP contribution in [0.4, 0.5) is 0 Å². The van der Waals surface area contributed by atoms with Crippen molar-refractivity contribution in [2.75, 3.05) is 0 Å². The second-order valence-corrected chi connectivity index (χ2v) is 2.32. The van der Waals surface area contributed by atoms with Gasteiger partial charge in [-0.15, -0.1) is 5.10 Å². The van der Waals surface area contributed by atoms with Gasteiger partial charge in [0, 0.05) is 7.05 Å². The zero-order chi connectivity index (χ0) is 8.72. The van der Waals surface area contributed by atoms with E-state index in [1.807, 2.05) is 0 Å². The molecule has 0 fully saturated rings. The van der Waals surface area contributed by atoms with Crippen molar-refractivity contribution in [3.63, 3.8) is 0 Å². The Labute approximate surface area is 65.0 Å². The number of hydrogen-bond acceptors (Lipinski definition) is 4. The number of aromatic nitrogens is 5. The molecule has 2 rings (SSSR count). The number of aromatic amines is 2. The summed E-state index contributed by atoms with van der Waals surface area (Å²) in [5, 5.41) is 7.15. The van der Waals surface area contributed by atoms with Gasteiger partial charge in [0.1, 0.15) is 0 Å². The molecule has 0 radical (unpaired) electrons. The van der Waals surface area contributed by atoms with Gasteiger partial charge in [-0.25, -0.2) is 9.48 Å². The monoisotopic (exact) mass is 167 g/mol. The molecule has 2 aromatic rings. The van der Waals surface area contributed by atoms with Gasteiger partial charge in [-0.2, -0.15) is 0 Å². The number of fused-ring (bicyclic) bond motifs is 1. The molecule has 2 heterocycles. The minimum absolute atomic E-state index is 0.200. The summed E-state index contributed by atoms with van der Waals surface area (Å²) in [4.78, 5) is 26.2. The fourth-order valence-corrected chi connectivity index (χ4v) is 0.997. The van der Waals surface area contributed by atoms with Crippen LogP contribution in [-0.2, 0) is 7.05 Å². The maximum atomic E-state index is 11.1. The molecule has 0 aromatic carbocycles. The lowest BCUT2D eigenvalue weighted by Gasteiger charge is -1.87. The molecule has 0 saturated heterocycles. The average Bonchev–Trinajstić information content (AvgIpc) is 2.31. The summed E-state index contributed by atoms with van der Waals surface area (Å²) in [7, 11) is 1.57. The van der Waals surface area contributed by atoms with Crippen molar-refractivity contribution in [2.24, 2.45) is 7.05 Å². The van der Waals surface area contributed by atoms with Gasteiger partial charge < -0.3 is 0 Å². The second kappa shape index (κ2) is 2.03. The predicted octanol–water partition coefficient (Wildman–Crippen LogP) is -1.66. The molecule has 0 amide bonds. The molecule has 12 heavy (non-hydrogen) atoms. The van der Waals surface area contributed by atoms with Crippen molar-refractivity contribution < 1.29 is 0 Å². The highest BCUT2D eigenvalue weighted by Gasteiger charge is 2.05. The number of rotatable bonds is 0. The molecule has 0 atom stereocenters. The second-order valence-electron chi connectivity index (χ2n) is 2.32. The summed E-state index contributed by atoms with van der Waals surface area (Å²) >= 11 is 0. The standard InChI is InChI=1S/C5H5N5O2/c1-10-2-3(8-9-10)6-5(12)7-4(2)11/h1H3,(H2,6,7,11,12). The summed E-state index contributed by atoms with van der Waals surface area (Å²) in [6.07, 6.45) is 0. The van der Waals surface area contributed by atoms with E-state index in [-0.39, 0.29) is 11.2 Å². The third-order valence-electron chi connectivity index (χ3n) is 1.50. The maximum Gasteiger partial charge on any atom is 0.327 e. The topological polar surface area (TPSA) is 96.4 Å². The van der Waals surface area contributed by atoms with Crippen LogP contribution in [-0.4, -0.2) is 25.0 Å². The van der Waals surface area contributed by atoms with E-state index < -0.39 is 11.2 Å². The first kappa shape index (κ1) is 6.77. The summed E-state index contributed by atoms with van der Waals surface area (Å²) in [5.41, 5.74) is -0.602. The molecule has 0 spiro atoms. The molecule has 62 valence electrons. The third kappa shape index (κ3) is 0.760. The number of aryl methyl sites for hydroxylation is 1. The normalized spacial score (nSPS) is 10.8. The van der Waals surface area contributed by atoms with Crippen LogP contribution in [0.3, 0.4) is 0 Å². The van der Waals surface area contributed by atoms with Gasteiger partial charge in [0.05, 0.1) is 0 Å². The Hall–Kier alpha value is -1.92. The van der Waals surface area contributed by atoms with Crippen molar-refractivity contribution >= 4 is 11.2 Å². The van der Waals surface area contributed by atoms with E-state index in [0.717, 1.165) is 0 Å². The number of nitrogens with zero attached hydrogens (tertiary/aromatic N) is 3. The minimum atomic E-state index is -0.576. The van der Waals surface area contributed by atoms with E-state index in [9.17, 15) is 9.59 Å². The van der Waals surface area contributed by atoms with Crippen molar-refractivity contribution in [2.45, 2.75) is 0 Å². The van der Waals surface area contributed by atoms with Crippen LogP contribution in [0.5, 0.6) is 0 Å². The molecule has 0 aliphatic carbocycles. The van der Waals surface area contributed by atoms with Gasteiger partial charge >= 0.3 is 5.69 Å². The van der Waals surface area contributed by atoms with Crippen molar-refractivity contribution in [1.82, 2.24) is 25.0 Å². The van der Waals surface area contributed by atoms with Gasteiger partial charge in [-0.05, 0) is 0 Å². The Morgan fingerprint density at radius 3 is 2.83 bits per heavy atom. The average molecular weight is 167 g/mol. The third-order valence-corrected chi connectivity index (χ3v) is 1.50. The lowest BCUT2D eigenvalue weighted by atomic mass is 10.5. The van der Waals surface area contributed by atoms with Crippen LogP contribution in [0.1, 0.15) is 0 Å². The van der Waals surface area contributed by atoms with Crippen LogP contribution in [0.25, 0.3) is 11.2 Å². The largest absolute Gasteiger partial charge is 0.327 e. The van der Waals surface area contributed by atoms with Crippen LogP contribution in [0.15, 0.2) is 9.59 Å². The lowest BCUT2D eigenvalue weighted by Crippen LogP contribution is -2.22. The van der Waals surface area contributed by atoms with E-state index in [1.165, 1.54) is 4.68 Å². The van der Waals surface area contributed by atoms with E-state index in [0.29, 0.717) is 0 Å². The molecular formula is C5H5N5O2. The molecule has 0 aliphatic rings. The first-order valence-corrected chi connectivity index (χ1v) is 3.20. The fraction of sp³-hybridized carbons (Fsp3) is 0.200. The highest BCUT2D eigenvalue weighted by Crippen LogP contribution is 1.94. The van der Waals surface area contributed by atoms with Gasteiger partial charge in [0.25, 0.3) is 5.56 Å². The molecule has 2 N–H and O–H groups in total. The van der Waals surface area contributed by atoms with Crippen LogP contribution in [0.2, 0.25) is 0 Å². The Morgan fingerprint density at radius 2 is 2.08 bits per heavy atom. The SMILES string of the molecule is Cn1nnc2[nH]c(=O)[nH]c(=O)c21. The molecule has 7 heteroatoms. The Bertz CT molecular complexity index is 532. The van der Waals surface area contributed by atoms with Crippen molar-refractivity contribution in [1.29, 1.82) is 0 Å². The summed E-state index contributed by atoms with van der Waals surface area (Å²) in [6, 6.07) is 0. The molecule has 7 nitrogen and oxygen atoms in total. The number of nitrogens with one attached hydrogen (secondary N) is 2. The van der Waals surface area contributed by atoms with E-state index >= 15 is 0 Å². The lowest BCUT2D eigenvalue weighted by molar-refractivity contribution is 0.733. The number of H-pyrrole nitrogens is 2. The van der Waals surface area contributed by atoms with Gasteiger partial charge in [0.15, 0.2) is 11.2 Å². The highest BCUT2D eigenvalue weighted by atomic mass is 16.2. The number of hydrogen-bond donors (Lipinski definition) is 2. The maximum absolute atomic E-state index is 11.1. The quantitative estimate of drug-likeness (QED) is 0.491. The van der Waals surface area contributed by atoms with Crippen LogP contribution < -0.4 is 11.2 Å². The fourth-order valence-electron chi connectivity index (χ4n) is 0.997. The minimum Gasteiger partial charge on any atom is -0.288 e. The van der Waals surface area contributed by atoms with Crippen molar-refractivity contribution in [3.05, 3.63) is 20.8 Å². The van der Waals surface area contributed by atoms with E-state index in [2.05, 4.69) is 20.3 Å². The van der Waals surface area contributed by atoms with E-state index in [1.54, 1.807) is 7.05 Å². The molecular weight excluding hydrogens is 162 g/mol. The van der Waals surface area contributed by atoms with Gasteiger partial charge in [-0.1, -0.05) is 5.21 Å². The highest BCUT2D eigenvalue weighted by molar-refractivity contribution is 5.67. The summed E-state index contributed by atoms with van der Waals surface area (Å²) in [5.74, 6) is 0. The summed E-state index contributed by atoms with van der Waals surface area (Å²) < 4.78 is 1.30. The zero-order valence-corrected chi connectivity index (χ0v) is 6.16. The Morgan fingerprint density at radius 1 is 1.33 bits per heavy atom. The molecule has 0 aliphatic heterocycles. The Kier molecular flexibility index (Phi) is 1.15. The first-order chi connectivity index (χ1) is 5.68. The molecule has 0 bridgehead atoms. The predicted molar refractivity (Wildman–Crippen MR) is 39.8 cm³/mol. The summed E-state index contributed by atoms with van der Waals surface area (Å²) in [6.45, 7) is 0. The molecule has 2 aromatic heterocycles. The smallest absolute Gasteiger partial charge is 0.288 e. The van der Waals surface area contributed by atoms with Crippen molar-refractivity contribution in [3.8, 4) is 0 Å².